The van der Waals surface area contributed by atoms with Gasteiger partial charge in [-0.15, -0.1) is 0 Å². The molecule has 0 aliphatic carbocycles. The third kappa shape index (κ3) is 2.21. The topological polar surface area (TPSA) is 52.3 Å². The third-order valence-electron chi connectivity index (χ3n) is 1.59. The first-order valence-electron chi connectivity index (χ1n) is 3.65. The van der Waals surface area contributed by atoms with E-state index in [1.807, 2.05) is 0 Å². The number of carbonyl (C=O) groups excluding carboxylic acids is 1. The Labute approximate surface area is 91.8 Å². The number of halogens is 1. The molecule has 2 N–H and O–H groups in total. The largest absolute Gasteiger partial charge is 0.465 e. The summed E-state index contributed by atoms with van der Waals surface area (Å²) in [5, 5.41) is 0.348. The number of nitrogens with two attached hydrogens (primary N) is 1. The van der Waals surface area contributed by atoms with Gasteiger partial charge in [0.2, 0.25) is 0 Å². The van der Waals surface area contributed by atoms with E-state index in [2.05, 4.69) is 10.8 Å². The molecule has 0 aromatic heterocycles. The number of thiocarbonyl (C=S) groups is 1. The van der Waals surface area contributed by atoms with E-state index in [1.54, 1.807) is 0 Å². The minimum Gasteiger partial charge on any atom is -0.465 e. The second-order valence-corrected chi connectivity index (χ2v) is 3.31. The van der Waals surface area contributed by atoms with Gasteiger partial charge in [0.25, 0.3) is 0 Å². The van der Waals surface area contributed by atoms with Gasteiger partial charge in [-0.1, -0.05) is 23.8 Å². The average molecular weight is 229 g/mol. The molecule has 1 aromatic carbocycles. The summed E-state index contributed by atoms with van der Waals surface area (Å²) >= 11 is 10.5. The molecule has 0 atom stereocenters. The number of hydrogen-bond donors (Lipinski definition) is 1. The molecule has 0 spiro atoms. The van der Waals surface area contributed by atoms with Crippen molar-refractivity contribution in [2.45, 2.75) is 0 Å². The van der Waals surface area contributed by atoms with Gasteiger partial charge in [0.05, 0.1) is 12.7 Å². The molecule has 0 aliphatic rings. The van der Waals surface area contributed by atoms with Crippen molar-refractivity contribution in [1.82, 2.24) is 0 Å². The standard InChI is InChI=1S/C9H7ClNO2S/c1-13-9(12)6-3-2-5(10)4-7(6)8(11)14/h3-4H,1H3,(H2,11,14). The monoisotopic (exact) mass is 228 g/mol. The molecule has 0 bridgehead atoms. The van der Waals surface area contributed by atoms with Crippen LogP contribution in [0.1, 0.15) is 15.9 Å². The molecule has 1 aromatic rings. The fraction of sp³-hybridized carbons (Fsp3) is 0.111. The summed E-state index contributed by atoms with van der Waals surface area (Å²) in [6.07, 6.45) is 0. The smallest absolute Gasteiger partial charge is 0.338 e. The zero-order valence-electron chi connectivity index (χ0n) is 7.33. The molecule has 0 heterocycles. The van der Waals surface area contributed by atoms with E-state index in [1.165, 1.54) is 19.2 Å². The van der Waals surface area contributed by atoms with E-state index in [0.717, 1.165) is 0 Å². The van der Waals surface area contributed by atoms with Crippen molar-refractivity contribution in [3.8, 4) is 0 Å². The van der Waals surface area contributed by atoms with Gasteiger partial charge in [0, 0.05) is 16.7 Å². The fourth-order valence-corrected chi connectivity index (χ4v) is 1.28. The molecule has 3 nitrogen and oxygen atoms in total. The summed E-state index contributed by atoms with van der Waals surface area (Å²) < 4.78 is 4.55. The number of esters is 1. The molecule has 1 radical (unpaired) electrons. The van der Waals surface area contributed by atoms with Crippen molar-refractivity contribution in [1.29, 1.82) is 0 Å². The predicted octanol–water partition coefficient (Wildman–Crippen LogP) is 1.56. The van der Waals surface area contributed by atoms with Crippen LogP contribution in [-0.2, 0) is 4.74 Å². The Balaban J connectivity index is 3.28. The quantitative estimate of drug-likeness (QED) is 0.617. The molecular weight excluding hydrogens is 222 g/mol. The number of rotatable bonds is 2. The third-order valence-corrected chi connectivity index (χ3v) is 2.02. The van der Waals surface area contributed by atoms with Gasteiger partial charge in [-0.25, -0.2) is 4.79 Å². The Kier molecular flexibility index (Phi) is 3.43. The highest BCUT2D eigenvalue weighted by molar-refractivity contribution is 7.80. The molecule has 0 saturated carbocycles. The van der Waals surface area contributed by atoms with Crippen LogP contribution in [0.2, 0.25) is 5.02 Å². The number of benzene rings is 1. The highest BCUT2D eigenvalue weighted by atomic mass is 35.5. The normalized spacial score (nSPS) is 9.57. The molecule has 0 saturated heterocycles. The molecule has 0 fully saturated rings. The highest BCUT2D eigenvalue weighted by Crippen LogP contribution is 2.16. The van der Waals surface area contributed by atoms with Crippen LogP contribution in [0, 0.1) is 6.07 Å². The number of carbonyl (C=O) groups is 1. The van der Waals surface area contributed by atoms with Gasteiger partial charge < -0.3 is 10.5 Å². The summed E-state index contributed by atoms with van der Waals surface area (Å²) in [4.78, 5) is 11.3. The molecule has 73 valence electrons. The SMILES string of the molecule is COC(=O)c1c[c]c(Cl)cc1C(N)=S. The second kappa shape index (κ2) is 4.39. The van der Waals surface area contributed by atoms with Crippen molar-refractivity contribution in [3.05, 3.63) is 34.3 Å². The Bertz CT molecular complexity index is 392. The summed E-state index contributed by atoms with van der Waals surface area (Å²) in [5.41, 5.74) is 6.09. The number of methoxy groups -OCH3 is 1. The van der Waals surface area contributed by atoms with Gasteiger partial charge in [0.1, 0.15) is 4.99 Å². The molecule has 14 heavy (non-hydrogen) atoms. The van der Waals surface area contributed by atoms with E-state index in [0.29, 0.717) is 10.6 Å². The van der Waals surface area contributed by atoms with Crippen LogP contribution in [0.15, 0.2) is 12.1 Å². The zero-order valence-corrected chi connectivity index (χ0v) is 8.91. The minimum atomic E-state index is -0.513. The lowest BCUT2D eigenvalue weighted by atomic mass is 10.1. The lowest BCUT2D eigenvalue weighted by molar-refractivity contribution is 0.0600. The van der Waals surface area contributed by atoms with E-state index in [9.17, 15) is 4.79 Å². The lowest BCUT2D eigenvalue weighted by Crippen LogP contribution is -2.16. The van der Waals surface area contributed by atoms with Gasteiger partial charge in [-0.2, -0.15) is 0 Å². The lowest BCUT2D eigenvalue weighted by Gasteiger charge is -2.05. The number of hydrogen-bond acceptors (Lipinski definition) is 3. The molecule has 0 unspecified atom stereocenters. The van der Waals surface area contributed by atoms with Crippen molar-refractivity contribution < 1.29 is 9.53 Å². The summed E-state index contributed by atoms with van der Waals surface area (Å²) in [5.74, 6) is -0.513. The maximum Gasteiger partial charge on any atom is 0.338 e. The molecule has 5 heteroatoms. The average Bonchev–Trinajstić information content (AvgIpc) is 2.16. The van der Waals surface area contributed by atoms with Gasteiger partial charge in [-0.3, -0.25) is 0 Å². The number of ether oxygens (including phenoxy) is 1. The molecular formula is C9H7ClNO2S. The second-order valence-electron chi connectivity index (χ2n) is 2.46. The van der Waals surface area contributed by atoms with Crippen LogP contribution in [-0.4, -0.2) is 18.1 Å². The van der Waals surface area contributed by atoms with Crippen molar-refractivity contribution >= 4 is 34.8 Å². The molecule has 0 aliphatic heterocycles. The van der Waals surface area contributed by atoms with Crippen molar-refractivity contribution in [2.24, 2.45) is 5.73 Å². The maximum atomic E-state index is 11.2. The van der Waals surface area contributed by atoms with Crippen LogP contribution in [0.3, 0.4) is 0 Å². The van der Waals surface area contributed by atoms with Crippen molar-refractivity contribution in [2.75, 3.05) is 7.11 Å². The predicted molar refractivity (Wildman–Crippen MR) is 57.5 cm³/mol. The molecule has 1 rings (SSSR count). The first-order valence-corrected chi connectivity index (χ1v) is 4.44. The van der Waals surface area contributed by atoms with Gasteiger partial charge >= 0.3 is 5.97 Å². The zero-order chi connectivity index (χ0) is 10.7. The van der Waals surface area contributed by atoms with Crippen LogP contribution in [0.25, 0.3) is 0 Å². The summed E-state index contributed by atoms with van der Waals surface area (Å²) in [6.45, 7) is 0. The Morgan fingerprint density at radius 1 is 1.64 bits per heavy atom. The van der Waals surface area contributed by atoms with E-state index < -0.39 is 5.97 Å². The minimum absolute atomic E-state index is 0.0984. The first-order chi connectivity index (χ1) is 6.56. The van der Waals surface area contributed by atoms with Crippen LogP contribution in [0.5, 0.6) is 0 Å². The van der Waals surface area contributed by atoms with Gasteiger partial charge in [0.15, 0.2) is 0 Å². The van der Waals surface area contributed by atoms with Crippen LogP contribution < -0.4 is 5.73 Å². The van der Waals surface area contributed by atoms with E-state index >= 15 is 0 Å². The van der Waals surface area contributed by atoms with Crippen LogP contribution >= 0.6 is 23.8 Å². The Morgan fingerprint density at radius 2 is 2.29 bits per heavy atom. The first kappa shape index (κ1) is 10.9. The maximum absolute atomic E-state index is 11.2. The van der Waals surface area contributed by atoms with Crippen molar-refractivity contribution in [3.63, 3.8) is 0 Å². The Hall–Kier alpha value is -1.13. The van der Waals surface area contributed by atoms with Crippen LogP contribution in [0.4, 0.5) is 0 Å². The summed E-state index contributed by atoms with van der Waals surface area (Å²) in [6, 6.07) is 5.55. The Morgan fingerprint density at radius 3 is 2.79 bits per heavy atom. The van der Waals surface area contributed by atoms with Gasteiger partial charge in [-0.05, 0) is 12.1 Å². The fourth-order valence-electron chi connectivity index (χ4n) is 0.948. The molecule has 0 amide bonds. The highest BCUT2D eigenvalue weighted by Gasteiger charge is 2.13. The summed E-state index contributed by atoms with van der Waals surface area (Å²) in [7, 11) is 1.28. The van der Waals surface area contributed by atoms with E-state index in [-0.39, 0.29) is 10.6 Å². The van der Waals surface area contributed by atoms with E-state index in [4.69, 9.17) is 29.6 Å².